The first-order chi connectivity index (χ1) is 6.79. The maximum atomic E-state index is 11.7. The van der Waals surface area contributed by atoms with Gasteiger partial charge in [-0.05, 0) is 6.42 Å². The lowest BCUT2D eigenvalue weighted by atomic mass is 10.0. The van der Waals surface area contributed by atoms with Crippen molar-refractivity contribution in [3.05, 3.63) is 35.9 Å². The molecule has 0 aliphatic carbocycles. The summed E-state index contributed by atoms with van der Waals surface area (Å²) in [6.45, 7) is 1.93. The van der Waals surface area contributed by atoms with Crippen molar-refractivity contribution in [1.29, 1.82) is 0 Å². The number of carbonyl (C=O) groups excluding carboxylic acids is 1. The molecule has 0 amide bonds. The fourth-order valence-corrected chi connectivity index (χ4v) is 1.20. The SMILES string of the molecule is CCCC(=NO)C(=O)c1ccccc1. The summed E-state index contributed by atoms with van der Waals surface area (Å²) in [5, 5.41) is 11.7. The minimum Gasteiger partial charge on any atom is -0.411 e. The highest BCUT2D eigenvalue weighted by atomic mass is 16.4. The summed E-state index contributed by atoms with van der Waals surface area (Å²) >= 11 is 0. The Kier molecular flexibility index (Phi) is 3.85. The molecule has 74 valence electrons. The number of ketones is 1. The molecule has 0 aliphatic heterocycles. The lowest BCUT2D eigenvalue weighted by molar-refractivity contribution is 0.105. The van der Waals surface area contributed by atoms with Crippen LogP contribution in [-0.4, -0.2) is 16.7 Å². The molecule has 0 unspecified atom stereocenters. The first-order valence-electron chi connectivity index (χ1n) is 4.60. The smallest absolute Gasteiger partial charge is 0.210 e. The van der Waals surface area contributed by atoms with E-state index in [1.54, 1.807) is 24.3 Å². The Hall–Kier alpha value is -1.64. The summed E-state index contributed by atoms with van der Waals surface area (Å²) in [6.07, 6.45) is 1.29. The van der Waals surface area contributed by atoms with Crippen molar-refractivity contribution >= 4 is 11.5 Å². The second kappa shape index (κ2) is 5.17. The third-order valence-electron chi connectivity index (χ3n) is 1.91. The molecule has 0 saturated heterocycles. The molecular weight excluding hydrogens is 178 g/mol. The van der Waals surface area contributed by atoms with E-state index in [9.17, 15) is 4.79 Å². The van der Waals surface area contributed by atoms with Crippen LogP contribution < -0.4 is 0 Å². The molecule has 14 heavy (non-hydrogen) atoms. The topological polar surface area (TPSA) is 49.7 Å². The van der Waals surface area contributed by atoms with Gasteiger partial charge in [0.15, 0.2) is 0 Å². The van der Waals surface area contributed by atoms with E-state index in [-0.39, 0.29) is 11.5 Å². The molecule has 0 heterocycles. The highest BCUT2D eigenvalue weighted by Crippen LogP contribution is 2.04. The number of Topliss-reactive ketones (excluding diaryl/α,β-unsaturated/α-hetero) is 1. The Bertz CT molecular complexity index is 330. The molecule has 1 N–H and O–H groups in total. The molecule has 0 aromatic heterocycles. The van der Waals surface area contributed by atoms with Crippen molar-refractivity contribution in [2.45, 2.75) is 19.8 Å². The number of benzene rings is 1. The van der Waals surface area contributed by atoms with Crippen molar-refractivity contribution in [2.24, 2.45) is 5.16 Å². The van der Waals surface area contributed by atoms with Gasteiger partial charge in [-0.15, -0.1) is 0 Å². The van der Waals surface area contributed by atoms with Crippen LogP contribution in [0.2, 0.25) is 0 Å². The molecule has 0 aliphatic rings. The van der Waals surface area contributed by atoms with Crippen LogP contribution in [0.25, 0.3) is 0 Å². The summed E-state index contributed by atoms with van der Waals surface area (Å²) in [5.74, 6) is -0.199. The van der Waals surface area contributed by atoms with Crippen LogP contribution in [0.3, 0.4) is 0 Å². The van der Waals surface area contributed by atoms with Crippen LogP contribution in [0.1, 0.15) is 30.1 Å². The van der Waals surface area contributed by atoms with Crippen molar-refractivity contribution < 1.29 is 10.0 Å². The zero-order valence-corrected chi connectivity index (χ0v) is 8.10. The second-order valence-electron chi connectivity index (χ2n) is 2.99. The van der Waals surface area contributed by atoms with Crippen molar-refractivity contribution in [1.82, 2.24) is 0 Å². The minimum atomic E-state index is -0.199. The van der Waals surface area contributed by atoms with Gasteiger partial charge >= 0.3 is 0 Å². The second-order valence-corrected chi connectivity index (χ2v) is 2.99. The van der Waals surface area contributed by atoms with E-state index in [1.165, 1.54) is 0 Å². The Morgan fingerprint density at radius 3 is 2.50 bits per heavy atom. The quantitative estimate of drug-likeness (QED) is 0.344. The van der Waals surface area contributed by atoms with Crippen LogP contribution in [0.4, 0.5) is 0 Å². The van der Waals surface area contributed by atoms with Crippen LogP contribution >= 0.6 is 0 Å². The Morgan fingerprint density at radius 1 is 1.36 bits per heavy atom. The largest absolute Gasteiger partial charge is 0.411 e. The zero-order chi connectivity index (χ0) is 10.4. The molecule has 3 nitrogen and oxygen atoms in total. The number of nitrogens with zero attached hydrogens (tertiary/aromatic N) is 1. The molecular formula is C11H13NO2. The Morgan fingerprint density at radius 2 is 2.00 bits per heavy atom. The molecule has 0 saturated carbocycles. The van der Waals surface area contributed by atoms with E-state index in [0.29, 0.717) is 12.0 Å². The average Bonchev–Trinajstić information content (AvgIpc) is 2.26. The third kappa shape index (κ3) is 2.42. The summed E-state index contributed by atoms with van der Waals surface area (Å²) in [7, 11) is 0. The predicted molar refractivity (Wildman–Crippen MR) is 54.9 cm³/mol. The molecule has 0 radical (unpaired) electrons. The van der Waals surface area contributed by atoms with E-state index < -0.39 is 0 Å². The summed E-state index contributed by atoms with van der Waals surface area (Å²) in [6, 6.07) is 8.83. The Balaban J connectivity index is 2.85. The van der Waals surface area contributed by atoms with Gasteiger partial charge in [0, 0.05) is 5.56 Å². The number of hydrogen-bond acceptors (Lipinski definition) is 3. The lowest BCUT2D eigenvalue weighted by Gasteiger charge is -2.01. The fourth-order valence-electron chi connectivity index (χ4n) is 1.20. The van der Waals surface area contributed by atoms with Gasteiger partial charge < -0.3 is 5.21 Å². The first-order valence-corrected chi connectivity index (χ1v) is 4.60. The van der Waals surface area contributed by atoms with Crippen LogP contribution in [0, 0.1) is 0 Å². The number of oxime groups is 1. The zero-order valence-electron chi connectivity index (χ0n) is 8.10. The fraction of sp³-hybridized carbons (Fsp3) is 0.273. The average molecular weight is 191 g/mol. The molecule has 3 heteroatoms. The van der Waals surface area contributed by atoms with Gasteiger partial charge in [-0.25, -0.2) is 0 Å². The van der Waals surface area contributed by atoms with Gasteiger partial charge in [0.05, 0.1) is 0 Å². The van der Waals surface area contributed by atoms with E-state index in [0.717, 1.165) is 6.42 Å². The van der Waals surface area contributed by atoms with Crippen LogP contribution in [0.5, 0.6) is 0 Å². The number of carbonyl (C=O) groups is 1. The first kappa shape index (κ1) is 10.4. The molecule has 0 fully saturated rings. The van der Waals surface area contributed by atoms with Gasteiger partial charge in [0.25, 0.3) is 0 Å². The molecule has 1 aromatic rings. The monoisotopic (exact) mass is 191 g/mol. The molecule has 0 spiro atoms. The van der Waals surface area contributed by atoms with Crippen molar-refractivity contribution in [2.75, 3.05) is 0 Å². The van der Waals surface area contributed by atoms with E-state index in [2.05, 4.69) is 5.16 Å². The summed E-state index contributed by atoms with van der Waals surface area (Å²) in [4.78, 5) is 11.7. The molecule has 1 aromatic carbocycles. The van der Waals surface area contributed by atoms with Gasteiger partial charge in [-0.1, -0.05) is 48.8 Å². The van der Waals surface area contributed by atoms with Gasteiger partial charge in [0.1, 0.15) is 5.71 Å². The van der Waals surface area contributed by atoms with E-state index in [4.69, 9.17) is 5.21 Å². The van der Waals surface area contributed by atoms with Crippen LogP contribution in [0.15, 0.2) is 35.5 Å². The molecule has 1 rings (SSSR count). The van der Waals surface area contributed by atoms with Crippen molar-refractivity contribution in [3.8, 4) is 0 Å². The van der Waals surface area contributed by atoms with Crippen LogP contribution in [-0.2, 0) is 0 Å². The van der Waals surface area contributed by atoms with Gasteiger partial charge in [-0.3, -0.25) is 4.79 Å². The highest BCUT2D eigenvalue weighted by molar-refractivity contribution is 6.45. The maximum absolute atomic E-state index is 11.7. The predicted octanol–water partition coefficient (Wildman–Crippen LogP) is 2.50. The number of rotatable bonds is 4. The Labute approximate surface area is 83.1 Å². The third-order valence-corrected chi connectivity index (χ3v) is 1.91. The summed E-state index contributed by atoms with van der Waals surface area (Å²) in [5.41, 5.74) is 0.785. The lowest BCUT2D eigenvalue weighted by Crippen LogP contribution is -2.13. The number of hydrogen-bond donors (Lipinski definition) is 1. The highest BCUT2D eigenvalue weighted by Gasteiger charge is 2.12. The minimum absolute atomic E-state index is 0.199. The standard InChI is InChI=1S/C11H13NO2/c1-2-6-10(12-14)11(13)9-7-4-3-5-8-9/h3-5,7-8,14H,2,6H2,1H3. The van der Waals surface area contributed by atoms with Gasteiger partial charge in [0.2, 0.25) is 5.78 Å². The molecule has 0 bridgehead atoms. The van der Waals surface area contributed by atoms with E-state index in [1.807, 2.05) is 13.0 Å². The maximum Gasteiger partial charge on any atom is 0.210 e. The summed E-state index contributed by atoms with van der Waals surface area (Å²) < 4.78 is 0. The van der Waals surface area contributed by atoms with Crippen molar-refractivity contribution in [3.63, 3.8) is 0 Å². The normalized spacial score (nSPS) is 11.4. The van der Waals surface area contributed by atoms with E-state index >= 15 is 0 Å². The van der Waals surface area contributed by atoms with Gasteiger partial charge in [-0.2, -0.15) is 0 Å². The molecule has 0 atom stereocenters.